The zero-order valence-corrected chi connectivity index (χ0v) is 11.5. The lowest BCUT2D eigenvalue weighted by Gasteiger charge is -2.33. The number of halogens is 1. The molecule has 2 aliphatic heterocycles. The molecule has 3 rings (SSSR count). The number of rotatable bonds is 1. The van der Waals surface area contributed by atoms with Gasteiger partial charge in [-0.2, -0.15) is 0 Å². The van der Waals surface area contributed by atoms with E-state index in [4.69, 9.17) is 9.47 Å². The van der Waals surface area contributed by atoms with Crippen LogP contribution in [-0.4, -0.2) is 31.6 Å². The number of hydrogen-bond acceptors (Lipinski definition) is 4. The normalized spacial score (nSPS) is 26.4. The summed E-state index contributed by atoms with van der Waals surface area (Å²) in [6, 6.07) is 4.35. The molecule has 5 heteroatoms. The van der Waals surface area contributed by atoms with Gasteiger partial charge in [0.1, 0.15) is 17.2 Å². The van der Waals surface area contributed by atoms with Gasteiger partial charge in [0, 0.05) is 38.7 Å². The van der Waals surface area contributed by atoms with Crippen molar-refractivity contribution in [3.63, 3.8) is 0 Å². The Morgan fingerprint density at radius 1 is 1.40 bits per heavy atom. The van der Waals surface area contributed by atoms with Gasteiger partial charge in [0.2, 0.25) is 0 Å². The summed E-state index contributed by atoms with van der Waals surface area (Å²) in [5, 5.41) is 0. The van der Waals surface area contributed by atoms with Crippen molar-refractivity contribution < 1.29 is 18.7 Å². The van der Waals surface area contributed by atoms with Crippen molar-refractivity contribution in [1.82, 2.24) is 4.90 Å². The molecule has 1 unspecified atom stereocenters. The summed E-state index contributed by atoms with van der Waals surface area (Å²) in [5.74, 6) is -0.0953. The van der Waals surface area contributed by atoms with Crippen LogP contribution in [0.1, 0.15) is 18.4 Å². The summed E-state index contributed by atoms with van der Waals surface area (Å²) in [5.41, 5.74) is 0.445. The van der Waals surface area contributed by atoms with Crippen LogP contribution in [0.2, 0.25) is 0 Å². The molecule has 1 aromatic rings. The molecule has 1 spiro atoms. The van der Waals surface area contributed by atoms with Crippen molar-refractivity contribution in [2.45, 2.75) is 18.4 Å². The fourth-order valence-corrected chi connectivity index (χ4v) is 2.80. The lowest BCUT2D eigenvalue weighted by molar-refractivity contribution is -0.149. The second-order valence-electron chi connectivity index (χ2n) is 5.42. The number of benzene rings is 1. The molecule has 0 saturated carbocycles. The van der Waals surface area contributed by atoms with Gasteiger partial charge in [-0.1, -0.05) is 0 Å². The fourth-order valence-electron chi connectivity index (χ4n) is 2.80. The first-order valence-corrected chi connectivity index (χ1v) is 6.53. The first-order chi connectivity index (χ1) is 9.50. The third-order valence-corrected chi connectivity index (χ3v) is 3.64. The standard InChI is InChI=1S/C15H16FNO3/c1-17(2)9-10-8-15(20-14(10)18)5-6-19-13-4-3-11(16)7-12(13)15/h3-4,7,9H,5-6,8H2,1-2H3/b10-9+. The van der Waals surface area contributed by atoms with Gasteiger partial charge in [-0.05, 0) is 18.2 Å². The Balaban J connectivity index is 2.04. The van der Waals surface area contributed by atoms with E-state index in [0.29, 0.717) is 36.3 Å². The monoisotopic (exact) mass is 277 g/mol. The van der Waals surface area contributed by atoms with Crippen LogP contribution >= 0.6 is 0 Å². The van der Waals surface area contributed by atoms with Gasteiger partial charge in [0.15, 0.2) is 0 Å². The summed E-state index contributed by atoms with van der Waals surface area (Å²) in [4.78, 5) is 13.8. The highest BCUT2D eigenvalue weighted by atomic mass is 19.1. The van der Waals surface area contributed by atoms with Gasteiger partial charge in [0.05, 0.1) is 12.2 Å². The highest BCUT2D eigenvalue weighted by molar-refractivity contribution is 5.91. The van der Waals surface area contributed by atoms with Gasteiger partial charge < -0.3 is 14.4 Å². The second kappa shape index (κ2) is 4.51. The maximum atomic E-state index is 13.5. The van der Waals surface area contributed by atoms with Gasteiger partial charge in [-0.25, -0.2) is 9.18 Å². The molecule has 2 aliphatic rings. The van der Waals surface area contributed by atoms with Crippen molar-refractivity contribution in [2.24, 2.45) is 0 Å². The number of fused-ring (bicyclic) bond motifs is 2. The van der Waals surface area contributed by atoms with Crippen LogP contribution in [0.25, 0.3) is 0 Å². The van der Waals surface area contributed by atoms with Crippen molar-refractivity contribution in [2.75, 3.05) is 20.7 Å². The Kier molecular flexibility index (Phi) is 2.92. The van der Waals surface area contributed by atoms with Crippen LogP contribution in [0, 0.1) is 5.82 Å². The Bertz CT molecular complexity index is 597. The average molecular weight is 277 g/mol. The van der Waals surface area contributed by atoms with Crippen LogP contribution in [0.5, 0.6) is 5.75 Å². The van der Waals surface area contributed by atoms with Crippen molar-refractivity contribution in [3.05, 3.63) is 41.4 Å². The lowest BCUT2D eigenvalue weighted by Crippen LogP contribution is -2.32. The van der Waals surface area contributed by atoms with E-state index < -0.39 is 5.60 Å². The molecule has 0 aliphatic carbocycles. The number of hydrogen-bond donors (Lipinski definition) is 0. The smallest absolute Gasteiger partial charge is 0.336 e. The van der Waals surface area contributed by atoms with Crippen molar-refractivity contribution >= 4 is 5.97 Å². The maximum Gasteiger partial charge on any atom is 0.336 e. The molecule has 1 atom stereocenters. The molecule has 20 heavy (non-hydrogen) atoms. The van der Waals surface area contributed by atoms with E-state index in [-0.39, 0.29) is 11.8 Å². The SMILES string of the molecule is CN(C)/C=C1\CC2(CCOc3ccc(F)cc32)OC1=O. The Morgan fingerprint density at radius 3 is 2.95 bits per heavy atom. The Hall–Kier alpha value is -2.04. The minimum atomic E-state index is -0.783. The minimum Gasteiger partial charge on any atom is -0.493 e. The van der Waals surface area contributed by atoms with E-state index in [1.807, 2.05) is 14.1 Å². The molecule has 106 valence electrons. The van der Waals surface area contributed by atoms with Crippen LogP contribution in [0.4, 0.5) is 4.39 Å². The zero-order valence-electron chi connectivity index (χ0n) is 11.5. The topological polar surface area (TPSA) is 38.8 Å². The van der Waals surface area contributed by atoms with Gasteiger partial charge in [-0.15, -0.1) is 0 Å². The number of esters is 1. The summed E-state index contributed by atoms with van der Waals surface area (Å²) < 4.78 is 24.6. The van der Waals surface area contributed by atoms with Crippen LogP contribution < -0.4 is 4.74 Å². The zero-order chi connectivity index (χ0) is 14.3. The van der Waals surface area contributed by atoms with E-state index in [0.717, 1.165) is 0 Å². The quantitative estimate of drug-likeness (QED) is 0.582. The molecule has 0 radical (unpaired) electrons. The first kappa shape index (κ1) is 13.0. The third kappa shape index (κ3) is 2.03. The molecular weight excluding hydrogens is 261 g/mol. The van der Waals surface area contributed by atoms with E-state index in [1.54, 1.807) is 17.2 Å². The molecule has 0 bridgehead atoms. The van der Waals surface area contributed by atoms with Gasteiger partial charge >= 0.3 is 5.97 Å². The van der Waals surface area contributed by atoms with E-state index in [9.17, 15) is 9.18 Å². The molecule has 4 nitrogen and oxygen atoms in total. The van der Waals surface area contributed by atoms with Crippen LogP contribution in [0.15, 0.2) is 30.0 Å². The second-order valence-corrected chi connectivity index (χ2v) is 5.42. The van der Waals surface area contributed by atoms with E-state index in [1.165, 1.54) is 12.1 Å². The molecular formula is C15H16FNO3. The van der Waals surface area contributed by atoms with Gasteiger partial charge in [-0.3, -0.25) is 0 Å². The summed E-state index contributed by atoms with van der Waals surface area (Å²) in [6.45, 7) is 0.459. The molecule has 0 amide bonds. The molecule has 1 aromatic carbocycles. The lowest BCUT2D eigenvalue weighted by atomic mass is 9.84. The number of carbonyl (C=O) groups excluding carboxylic acids is 1. The largest absolute Gasteiger partial charge is 0.493 e. The van der Waals surface area contributed by atoms with E-state index in [2.05, 4.69) is 0 Å². The highest BCUT2D eigenvalue weighted by Crippen LogP contribution is 2.48. The number of nitrogens with zero attached hydrogens (tertiary/aromatic N) is 1. The highest BCUT2D eigenvalue weighted by Gasteiger charge is 2.48. The minimum absolute atomic E-state index is 0.337. The molecule has 0 aromatic heterocycles. The molecule has 2 heterocycles. The summed E-state index contributed by atoms with van der Waals surface area (Å²) in [7, 11) is 3.70. The van der Waals surface area contributed by atoms with Crippen molar-refractivity contribution in [3.8, 4) is 5.75 Å². The number of ether oxygens (including phenoxy) is 2. The van der Waals surface area contributed by atoms with E-state index >= 15 is 0 Å². The number of carbonyl (C=O) groups is 1. The van der Waals surface area contributed by atoms with Crippen LogP contribution in [-0.2, 0) is 15.1 Å². The average Bonchev–Trinajstić information content (AvgIpc) is 2.67. The Labute approximate surface area is 116 Å². The summed E-state index contributed by atoms with van der Waals surface area (Å²) >= 11 is 0. The summed E-state index contributed by atoms with van der Waals surface area (Å²) in [6.07, 6.45) is 2.75. The molecule has 0 N–H and O–H groups in total. The Morgan fingerprint density at radius 2 is 2.20 bits per heavy atom. The van der Waals surface area contributed by atoms with Crippen LogP contribution in [0.3, 0.4) is 0 Å². The molecule has 1 saturated heterocycles. The van der Waals surface area contributed by atoms with Crippen molar-refractivity contribution in [1.29, 1.82) is 0 Å². The predicted octanol–water partition coefficient (Wildman–Crippen LogP) is 2.20. The molecule has 1 fully saturated rings. The van der Waals surface area contributed by atoms with Gasteiger partial charge in [0.25, 0.3) is 0 Å². The third-order valence-electron chi connectivity index (χ3n) is 3.64. The fraction of sp³-hybridized carbons (Fsp3) is 0.400. The predicted molar refractivity (Wildman–Crippen MR) is 70.7 cm³/mol. The maximum absolute atomic E-state index is 13.5. The first-order valence-electron chi connectivity index (χ1n) is 6.53.